The Labute approximate surface area is 154 Å². The minimum absolute atomic E-state index is 0.0991. The summed E-state index contributed by atoms with van der Waals surface area (Å²) in [5.41, 5.74) is 3.57. The SMILES string of the molecule is O=C(Cc1cccc2ccccc12)N/N=C\c1cc([N+](=O)[O-])ccc1Cl. The first-order valence-corrected chi connectivity index (χ1v) is 8.15. The van der Waals surface area contributed by atoms with Crippen molar-refractivity contribution in [1.82, 2.24) is 5.43 Å². The molecule has 3 rings (SSSR count). The normalized spacial score (nSPS) is 11.0. The van der Waals surface area contributed by atoms with Crippen LogP contribution in [0.4, 0.5) is 5.69 Å². The molecule has 0 atom stereocenters. The van der Waals surface area contributed by atoms with Crippen LogP contribution < -0.4 is 5.43 Å². The Morgan fingerprint density at radius 2 is 1.92 bits per heavy atom. The number of nitrogens with zero attached hydrogens (tertiary/aromatic N) is 2. The minimum Gasteiger partial charge on any atom is -0.273 e. The maximum atomic E-state index is 12.1. The third kappa shape index (κ3) is 4.04. The third-order valence-corrected chi connectivity index (χ3v) is 4.16. The summed E-state index contributed by atoms with van der Waals surface area (Å²) in [4.78, 5) is 22.4. The minimum atomic E-state index is -0.521. The number of rotatable bonds is 5. The fraction of sp³-hybridized carbons (Fsp3) is 0.0526. The Morgan fingerprint density at radius 3 is 2.73 bits per heavy atom. The van der Waals surface area contributed by atoms with Gasteiger partial charge in [-0.25, -0.2) is 5.43 Å². The second-order valence-corrected chi connectivity index (χ2v) is 5.98. The molecule has 0 aliphatic carbocycles. The average Bonchev–Trinajstić information content (AvgIpc) is 2.63. The summed E-state index contributed by atoms with van der Waals surface area (Å²) in [5.74, 6) is -0.292. The Hall–Kier alpha value is -3.25. The van der Waals surface area contributed by atoms with Crippen molar-refractivity contribution >= 4 is 40.2 Å². The van der Waals surface area contributed by atoms with Crippen LogP contribution in [0.3, 0.4) is 0 Å². The summed E-state index contributed by atoms with van der Waals surface area (Å²) in [6.07, 6.45) is 1.46. The molecular formula is C19H14ClN3O3. The Balaban J connectivity index is 1.70. The number of benzene rings is 3. The number of nitro benzene ring substituents is 1. The first-order valence-electron chi connectivity index (χ1n) is 7.77. The lowest BCUT2D eigenvalue weighted by atomic mass is 10.0. The fourth-order valence-electron chi connectivity index (χ4n) is 2.58. The zero-order chi connectivity index (χ0) is 18.5. The van der Waals surface area contributed by atoms with Crippen molar-refractivity contribution in [2.75, 3.05) is 0 Å². The van der Waals surface area contributed by atoms with Gasteiger partial charge in [-0.1, -0.05) is 54.1 Å². The lowest BCUT2D eigenvalue weighted by molar-refractivity contribution is -0.384. The van der Waals surface area contributed by atoms with Crippen LogP contribution in [-0.2, 0) is 11.2 Å². The molecule has 3 aromatic rings. The number of hydrogen-bond acceptors (Lipinski definition) is 4. The van der Waals surface area contributed by atoms with Crippen molar-refractivity contribution in [2.45, 2.75) is 6.42 Å². The lowest BCUT2D eigenvalue weighted by Gasteiger charge is -2.05. The van der Waals surface area contributed by atoms with Crippen molar-refractivity contribution in [3.8, 4) is 0 Å². The van der Waals surface area contributed by atoms with Gasteiger partial charge in [0.05, 0.1) is 17.6 Å². The van der Waals surface area contributed by atoms with E-state index in [-0.39, 0.29) is 18.0 Å². The van der Waals surface area contributed by atoms with Crippen LogP contribution in [0.1, 0.15) is 11.1 Å². The summed E-state index contributed by atoms with van der Waals surface area (Å²) in [6.45, 7) is 0. The molecule has 0 saturated carbocycles. The van der Waals surface area contributed by atoms with Crippen LogP contribution in [0.5, 0.6) is 0 Å². The van der Waals surface area contributed by atoms with E-state index < -0.39 is 4.92 Å². The van der Waals surface area contributed by atoms with Gasteiger partial charge in [0.15, 0.2) is 0 Å². The quantitative estimate of drug-likeness (QED) is 0.418. The van der Waals surface area contributed by atoms with E-state index in [2.05, 4.69) is 10.5 Å². The van der Waals surface area contributed by atoms with Gasteiger partial charge in [0.1, 0.15) is 0 Å². The molecule has 0 aromatic heterocycles. The van der Waals surface area contributed by atoms with Gasteiger partial charge in [0, 0.05) is 22.7 Å². The molecular weight excluding hydrogens is 354 g/mol. The van der Waals surface area contributed by atoms with Gasteiger partial charge in [0.25, 0.3) is 5.69 Å². The Kier molecular flexibility index (Phi) is 5.24. The van der Waals surface area contributed by atoms with Gasteiger partial charge >= 0.3 is 0 Å². The van der Waals surface area contributed by atoms with Gasteiger partial charge in [-0.15, -0.1) is 0 Å². The average molecular weight is 368 g/mol. The first-order chi connectivity index (χ1) is 12.5. The first kappa shape index (κ1) is 17.6. The summed E-state index contributed by atoms with van der Waals surface area (Å²) in [7, 11) is 0. The summed E-state index contributed by atoms with van der Waals surface area (Å²) < 4.78 is 0. The molecule has 0 spiro atoms. The lowest BCUT2D eigenvalue weighted by Crippen LogP contribution is -2.19. The molecule has 26 heavy (non-hydrogen) atoms. The monoisotopic (exact) mass is 367 g/mol. The van der Waals surface area contributed by atoms with E-state index in [9.17, 15) is 14.9 Å². The van der Waals surface area contributed by atoms with E-state index in [1.807, 2.05) is 42.5 Å². The molecule has 0 aliphatic heterocycles. The van der Waals surface area contributed by atoms with Crippen molar-refractivity contribution in [1.29, 1.82) is 0 Å². The Morgan fingerprint density at radius 1 is 1.15 bits per heavy atom. The summed E-state index contributed by atoms with van der Waals surface area (Å²) >= 11 is 5.98. The Bertz CT molecular complexity index is 1010. The molecule has 1 N–H and O–H groups in total. The second-order valence-electron chi connectivity index (χ2n) is 5.57. The van der Waals surface area contributed by atoms with E-state index in [4.69, 9.17) is 11.6 Å². The van der Waals surface area contributed by atoms with Gasteiger partial charge in [-0.2, -0.15) is 5.10 Å². The maximum absolute atomic E-state index is 12.1. The molecule has 0 aliphatic rings. The number of fused-ring (bicyclic) bond motifs is 1. The van der Waals surface area contributed by atoms with Crippen molar-refractivity contribution in [3.63, 3.8) is 0 Å². The van der Waals surface area contributed by atoms with E-state index in [1.54, 1.807) is 0 Å². The van der Waals surface area contributed by atoms with Crippen LogP contribution in [0.15, 0.2) is 65.8 Å². The van der Waals surface area contributed by atoms with E-state index in [0.717, 1.165) is 16.3 Å². The number of carbonyl (C=O) groups excluding carboxylic acids is 1. The molecule has 7 heteroatoms. The topological polar surface area (TPSA) is 84.6 Å². The summed E-state index contributed by atoms with van der Waals surface area (Å²) in [6, 6.07) is 17.6. The van der Waals surface area contributed by atoms with Gasteiger partial charge < -0.3 is 0 Å². The molecule has 130 valence electrons. The summed E-state index contributed by atoms with van der Waals surface area (Å²) in [5, 5.41) is 17.0. The van der Waals surface area contributed by atoms with E-state index >= 15 is 0 Å². The molecule has 0 heterocycles. The van der Waals surface area contributed by atoms with Gasteiger partial charge in [0.2, 0.25) is 5.91 Å². The highest BCUT2D eigenvalue weighted by molar-refractivity contribution is 6.33. The second kappa shape index (κ2) is 7.76. The van der Waals surface area contributed by atoms with Crippen LogP contribution in [0.25, 0.3) is 10.8 Å². The van der Waals surface area contributed by atoms with Crippen LogP contribution >= 0.6 is 11.6 Å². The molecule has 0 radical (unpaired) electrons. The predicted octanol–water partition coefficient (Wildman–Crippen LogP) is 4.09. The van der Waals surface area contributed by atoms with Gasteiger partial charge in [-0.05, 0) is 22.4 Å². The number of amides is 1. The highest BCUT2D eigenvalue weighted by Crippen LogP contribution is 2.21. The zero-order valence-electron chi connectivity index (χ0n) is 13.6. The molecule has 6 nitrogen and oxygen atoms in total. The molecule has 1 amide bonds. The van der Waals surface area contributed by atoms with Gasteiger partial charge in [-0.3, -0.25) is 14.9 Å². The molecule has 3 aromatic carbocycles. The number of hydrogen-bond donors (Lipinski definition) is 1. The van der Waals surface area contributed by atoms with E-state index in [0.29, 0.717) is 10.6 Å². The third-order valence-electron chi connectivity index (χ3n) is 3.81. The van der Waals surface area contributed by atoms with Crippen LogP contribution in [-0.4, -0.2) is 17.0 Å². The highest BCUT2D eigenvalue weighted by Gasteiger charge is 2.09. The molecule has 0 fully saturated rings. The van der Waals surface area contributed by atoms with Crippen molar-refractivity contribution in [2.24, 2.45) is 5.10 Å². The fourth-order valence-corrected chi connectivity index (χ4v) is 2.74. The smallest absolute Gasteiger partial charge is 0.270 e. The highest BCUT2D eigenvalue weighted by atomic mass is 35.5. The zero-order valence-corrected chi connectivity index (χ0v) is 14.3. The number of hydrazone groups is 1. The molecule has 0 unspecified atom stereocenters. The number of nitrogens with one attached hydrogen (secondary N) is 1. The molecule has 0 bridgehead atoms. The number of carbonyl (C=O) groups is 1. The number of nitro groups is 1. The standard InChI is InChI=1S/C19H14ClN3O3/c20-18-9-8-16(23(25)26)10-15(18)12-21-22-19(24)11-14-6-3-5-13-4-1-2-7-17(13)14/h1-10,12H,11H2,(H,22,24)/b21-12-. The molecule has 0 saturated heterocycles. The number of halogens is 1. The van der Waals surface area contributed by atoms with E-state index in [1.165, 1.54) is 24.4 Å². The van der Waals surface area contributed by atoms with Crippen LogP contribution in [0, 0.1) is 10.1 Å². The van der Waals surface area contributed by atoms with Crippen molar-refractivity contribution in [3.05, 3.63) is 86.9 Å². The maximum Gasteiger partial charge on any atom is 0.270 e. The largest absolute Gasteiger partial charge is 0.273 e. The van der Waals surface area contributed by atoms with Crippen molar-refractivity contribution < 1.29 is 9.72 Å². The van der Waals surface area contributed by atoms with Crippen LogP contribution in [0.2, 0.25) is 5.02 Å². The predicted molar refractivity (Wildman–Crippen MR) is 101 cm³/mol. The number of non-ortho nitro benzene ring substituents is 1.